The Hall–Kier alpha value is -2.34. The van der Waals surface area contributed by atoms with Crippen LogP contribution in [0.15, 0.2) is 40.9 Å². The first-order chi connectivity index (χ1) is 12.3. The molecule has 2 N–H and O–H groups in total. The first kappa shape index (κ1) is 20.0. The number of nitrogens with one attached hydrogen (secondary N) is 2. The average Bonchev–Trinajstić information content (AvgIpc) is 2.58. The zero-order valence-corrected chi connectivity index (χ0v) is 16.9. The lowest BCUT2D eigenvalue weighted by Gasteiger charge is -2.18. The van der Waals surface area contributed by atoms with E-state index in [2.05, 4.69) is 26.6 Å². The van der Waals surface area contributed by atoms with Crippen LogP contribution in [0.1, 0.15) is 31.4 Å². The van der Waals surface area contributed by atoms with Crippen molar-refractivity contribution in [3.05, 3.63) is 52.0 Å². The summed E-state index contributed by atoms with van der Waals surface area (Å²) >= 11 is 3.45. The maximum Gasteiger partial charge on any atom is 0.265 e. The minimum Gasteiger partial charge on any atom is -0.480 e. The average molecular weight is 419 g/mol. The molecule has 5 nitrogen and oxygen atoms in total. The fourth-order valence-electron chi connectivity index (χ4n) is 2.48. The molecule has 0 fully saturated rings. The van der Waals surface area contributed by atoms with Gasteiger partial charge in [-0.25, -0.2) is 0 Å². The highest BCUT2D eigenvalue weighted by Gasteiger charge is 2.17. The van der Waals surface area contributed by atoms with E-state index < -0.39 is 6.10 Å². The van der Waals surface area contributed by atoms with Gasteiger partial charge in [0.15, 0.2) is 6.10 Å². The third-order valence-corrected chi connectivity index (χ3v) is 4.28. The molecule has 0 aliphatic rings. The second-order valence-corrected chi connectivity index (χ2v) is 7.02. The summed E-state index contributed by atoms with van der Waals surface area (Å²) in [6, 6.07) is 10.9. The van der Waals surface area contributed by atoms with Crippen molar-refractivity contribution >= 4 is 39.1 Å². The van der Waals surface area contributed by atoms with Crippen molar-refractivity contribution in [2.24, 2.45) is 0 Å². The molecule has 0 bridgehead atoms. The molecular weight excluding hydrogens is 396 g/mol. The Bertz CT molecular complexity index is 797. The monoisotopic (exact) mass is 418 g/mol. The van der Waals surface area contributed by atoms with Gasteiger partial charge in [-0.15, -0.1) is 0 Å². The van der Waals surface area contributed by atoms with E-state index in [1.807, 2.05) is 26.0 Å². The van der Waals surface area contributed by atoms with Gasteiger partial charge in [0.25, 0.3) is 5.91 Å². The maximum absolute atomic E-state index is 12.5. The van der Waals surface area contributed by atoms with Crippen LogP contribution in [0.25, 0.3) is 0 Å². The highest BCUT2D eigenvalue weighted by atomic mass is 79.9. The van der Waals surface area contributed by atoms with E-state index in [-0.39, 0.29) is 11.8 Å². The number of halogens is 1. The summed E-state index contributed by atoms with van der Waals surface area (Å²) in [6.07, 6.45) is -0.268. The number of benzene rings is 2. The van der Waals surface area contributed by atoms with Crippen LogP contribution in [0, 0.1) is 13.8 Å². The van der Waals surface area contributed by atoms with Gasteiger partial charge in [0.05, 0.1) is 0 Å². The number of carbonyl (C=O) groups is 2. The van der Waals surface area contributed by atoms with Crippen LogP contribution in [-0.2, 0) is 9.59 Å². The minimum absolute atomic E-state index is 0.0774. The fraction of sp³-hybridized carbons (Fsp3) is 0.300. The van der Waals surface area contributed by atoms with Crippen LogP contribution in [-0.4, -0.2) is 17.9 Å². The lowest BCUT2D eigenvalue weighted by atomic mass is 10.1. The van der Waals surface area contributed by atoms with E-state index in [4.69, 9.17) is 4.74 Å². The third-order valence-electron chi connectivity index (χ3n) is 3.82. The van der Waals surface area contributed by atoms with Gasteiger partial charge >= 0.3 is 0 Å². The lowest BCUT2D eigenvalue weighted by molar-refractivity contribution is -0.122. The molecule has 0 radical (unpaired) electrons. The Morgan fingerprint density at radius 2 is 1.65 bits per heavy atom. The molecule has 2 amide bonds. The van der Waals surface area contributed by atoms with Crippen molar-refractivity contribution in [2.45, 2.75) is 40.2 Å². The molecule has 0 saturated heterocycles. The Kier molecular flexibility index (Phi) is 6.80. The Morgan fingerprint density at radius 1 is 1.08 bits per heavy atom. The van der Waals surface area contributed by atoms with Gasteiger partial charge < -0.3 is 15.4 Å². The van der Waals surface area contributed by atoms with Gasteiger partial charge in [0.2, 0.25) is 5.91 Å². The molecule has 0 spiro atoms. The van der Waals surface area contributed by atoms with Gasteiger partial charge in [0, 0.05) is 22.3 Å². The molecule has 0 heterocycles. The maximum atomic E-state index is 12.5. The van der Waals surface area contributed by atoms with Crippen LogP contribution in [0.4, 0.5) is 11.4 Å². The second kappa shape index (κ2) is 8.85. The normalized spacial score (nSPS) is 11.6. The standard InChI is InChI=1S/C20H23BrN2O3/c1-5-18(24)22-16-7-6-8-17(11-16)23-20(25)14(4)26-19-12(2)9-15(21)10-13(19)3/h6-11,14H,5H2,1-4H3,(H,22,24)(H,23,25). The lowest BCUT2D eigenvalue weighted by Crippen LogP contribution is -2.30. The molecule has 2 aromatic rings. The molecular formula is C20H23BrN2O3. The summed E-state index contributed by atoms with van der Waals surface area (Å²) in [5.74, 6) is 0.372. The van der Waals surface area contributed by atoms with E-state index in [0.717, 1.165) is 15.6 Å². The van der Waals surface area contributed by atoms with Crippen LogP contribution in [0.2, 0.25) is 0 Å². The van der Waals surface area contributed by atoms with Crippen LogP contribution in [0.5, 0.6) is 5.75 Å². The number of ether oxygens (including phenoxy) is 1. The van der Waals surface area contributed by atoms with Crippen molar-refractivity contribution in [3.63, 3.8) is 0 Å². The van der Waals surface area contributed by atoms with Crippen molar-refractivity contribution < 1.29 is 14.3 Å². The highest BCUT2D eigenvalue weighted by molar-refractivity contribution is 9.10. The molecule has 1 unspecified atom stereocenters. The first-order valence-electron chi connectivity index (χ1n) is 8.44. The molecule has 0 saturated carbocycles. The van der Waals surface area contributed by atoms with Crippen molar-refractivity contribution in [3.8, 4) is 5.75 Å². The molecule has 0 aromatic heterocycles. The molecule has 26 heavy (non-hydrogen) atoms. The number of aryl methyl sites for hydroxylation is 2. The van der Waals surface area contributed by atoms with Gasteiger partial charge in [0.1, 0.15) is 5.75 Å². The number of amides is 2. The summed E-state index contributed by atoms with van der Waals surface area (Å²) in [4.78, 5) is 24.0. The van der Waals surface area contributed by atoms with Crippen molar-refractivity contribution in [2.75, 3.05) is 10.6 Å². The Morgan fingerprint density at radius 3 is 2.23 bits per heavy atom. The predicted octanol–water partition coefficient (Wildman–Crippen LogP) is 4.82. The first-order valence-corrected chi connectivity index (χ1v) is 9.23. The number of carbonyl (C=O) groups excluding carboxylic acids is 2. The van der Waals surface area contributed by atoms with E-state index in [1.54, 1.807) is 38.1 Å². The zero-order chi connectivity index (χ0) is 19.3. The topological polar surface area (TPSA) is 67.4 Å². The van der Waals surface area contributed by atoms with E-state index in [9.17, 15) is 9.59 Å². The summed E-state index contributed by atoms with van der Waals surface area (Å²) in [5.41, 5.74) is 3.16. The van der Waals surface area contributed by atoms with Crippen LogP contribution >= 0.6 is 15.9 Å². The number of rotatable bonds is 6. The largest absolute Gasteiger partial charge is 0.480 e. The second-order valence-electron chi connectivity index (χ2n) is 6.10. The molecule has 2 aromatic carbocycles. The summed E-state index contributed by atoms with van der Waals surface area (Å²) in [6.45, 7) is 7.38. The van der Waals surface area contributed by atoms with Gasteiger partial charge in [-0.3, -0.25) is 9.59 Å². The van der Waals surface area contributed by atoms with Crippen LogP contribution < -0.4 is 15.4 Å². The molecule has 0 aliphatic carbocycles. The predicted molar refractivity (Wildman–Crippen MR) is 108 cm³/mol. The van der Waals surface area contributed by atoms with E-state index in [0.29, 0.717) is 23.5 Å². The number of anilines is 2. The quantitative estimate of drug-likeness (QED) is 0.706. The number of hydrogen-bond donors (Lipinski definition) is 2. The van der Waals surface area contributed by atoms with Gasteiger partial charge in [-0.2, -0.15) is 0 Å². The van der Waals surface area contributed by atoms with Crippen molar-refractivity contribution in [1.82, 2.24) is 0 Å². The minimum atomic E-state index is -0.664. The molecule has 138 valence electrons. The van der Waals surface area contributed by atoms with E-state index >= 15 is 0 Å². The van der Waals surface area contributed by atoms with E-state index in [1.165, 1.54) is 0 Å². The molecule has 2 rings (SSSR count). The Balaban J connectivity index is 2.06. The fourth-order valence-corrected chi connectivity index (χ4v) is 3.17. The molecule has 0 aliphatic heterocycles. The summed E-state index contributed by atoms with van der Waals surface area (Å²) < 4.78 is 6.85. The molecule has 1 atom stereocenters. The number of hydrogen-bond acceptors (Lipinski definition) is 3. The molecule has 6 heteroatoms. The van der Waals surface area contributed by atoms with Gasteiger partial charge in [-0.1, -0.05) is 28.9 Å². The summed E-state index contributed by atoms with van der Waals surface area (Å²) in [5, 5.41) is 5.59. The van der Waals surface area contributed by atoms with Crippen LogP contribution in [0.3, 0.4) is 0 Å². The smallest absolute Gasteiger partial charge is 0.265 e. The van der Waals surface area contributed by atoms with Crippen molar-refractivity contribution in [1.29, 1.82) is 0 Å². The highest BCUT2D eigenvalue weighted by Crippen LogP contribution is 2.28. The Labute approximate surface area is 162 Å². The SMILES string of the molecule is CCC(=O)Nc1cccc(NC(=O)C(C)Oc2c(C)cc(Br)cc2C)c1. The van der Waals surface area contributed by atoms with Gasteiger partial charge in [-0.05, 0) is 62.2 Å². The zero-order valence-electron chi connectivity index (χ0n) is 15.4. The summed E-state index contributed by atoms with van der Waals surface area (Å²) in [7, 11) is 0. The third kappa shape index (κ3) is 5.33.